The van der Waals surface area contributed by atoms with Crippen molar-refractivity contribution in [3.05, 3.63) is 30.1 Å². The predicted molar refractivity (Wildman–Crippen MR) is 63.2 cm³/mol. The van der Waals surface area contributed by atoms with Crippen LogP contribution in [-0.4, -0.2) is 5.97 Å². The van der Waals surface area contributed by atoms with Gasteiger partial charge in [0.1, 0.15) is 0 Å². The van der Waals surface area contributed by atoms with Gasteiger partial charge in [-0.1, -0.05) is 19.1 Å². The summed E-state index contributed by atoms with van der Waals surface area (Å²) in [7, 11) is 0. The third-order valence-corrected chi connectivity index (χ3v) is 3.40. The van der Waals surface area contributed by atoms with Crippen molar-refractivity contribution in [1.29, 1.82) is 0 Å². The number of halogens is 1. The normalized spacial score (nSPS) is 24.4. The zero-order chi connectivity index (χ0) is 12.3. The zero-order valence-corrected chi connectivity index (χ0v) is 9.99. The van der Waals surface area contributed by atoms with Crippen LogP contribution in [-0.2, 0) is 4.79 Å². The second kappa shape index (κ2) is 5.30. The van der Waals surface area contributed by atoms with E-state index in [1.54, 1.807) is 12.1 Å². The van der Waals surface area contributed by atoms with Gasteiger partial charge in [0.05, 0.1) is 5.92 Å². The van der Waals surface area contributed by atoms with Crippen molar-refractivity contribution in [2.75, 3.05) is 0 Å². The molecule has 2 nitrogen and oxygen atoms in total. The van der Waals surface area contributed by atoms with Crippen LogP contribution in [0.3, 0.4) is 0 Å². The molecule has 0 radical (unpaired) electrons. The van der Waals surface area contributed by atoms with E-state index in [9.17, 15) is 9.18 Å². The van der Waals surface area contributed by atoms with Gasteiger partial charge in [-0.3, -0.25) is 4.79 Å². The molecule has 1 aliphatic rings. The van der Waals surface area contributed by atoms with E-state index in [0.717, 1.165) is 25.7 Å². The summed E-state index contributed by atoms with van der Waals surface area (Å²) in [6, 6.07) is 6.02. The Morgan fingerprint density at radius 3 is 2.53 bits per heavy atom. The van der Waals surface area contributed by atoms with Gasteiger partial charge in [-0.05, 0) is 43.7 Å². The lowest BCUT2D eigenvalue weighted by atomic mass is 9.83. The lowest BCUT2D eigenvalue weighted by Gasteiger charge is -2.24. The van der Waals surface area contributed by atoms with Gasteiger partial charge in [-0.25, -0.2) is 4.39 Å². The van der Waals surface area contributed by atoms with Gasteiger partial charge in [0, 0.05) is 0 Å². The molecule has 0 heterocycles. The summed E-state index contributed by atoms with van der Waals surface area (Å²) in [4.78, 5) is 11.8. The van der Waals surface area contributed by atoms with Gasteiger partial charge < -0.3 is 4.74 Å². The lowest BCUT2D eigenvalue weighted by molar-refractivity contribution is -0.140. The summed E-state index contributed by atoms with van der Waals surface area (Å²) in [6.07, 6.45) is 3.82. The molecule has 1 fully saturated rings. The van der Waals surface area contributed by atoms with Crippen molar-refractivity contribution in [2.45, 2.75) is 32.6 Å². The lowest BCUT2D eigenvalue weighted by Crippen LogP contribution is -2.25. The van der Waals surface area contributed by atoms with Gasteiger partial charge in [0.2, 0.25) is 0 Å². The molecule has 1 aliphatic carbocycles. The Morgan fingerprint density at radius 2 is 1.88 bits per heavy atom. The maximum atomic E-state index is 13.3. The van der Waals surface area contributed by atoms with Crippen molar-refractivity contribution in [3.63, 3.8) is 0 Å². The minimum absolute atomic E-state index is 0.0381. The van der Waals surface area contributed by atoms with Crippen molar-refractivity contribution in [2.24, 2.45) is 11.8 Å². The quantitative estimate of drug-likeness (QED) is 0.579. The van der Waals surface area contributed by atoms with E-state index in [1.165, 1.54) is 12.1 Å². The minimum atomic E-state index is -0.481. The molecule has 0 bridgehead atoms. The molecule has 0 saturated heterocycles. The van der Waals surface area contributed by atoms with E-state index in [0.29, 0.717) is 5.92 Å². The third kappa shape index (κ3) is 3.05. The summed E-state index contributed by atoms with van der Waals surface area (Å²) in [6.45, 7) is 2.19. The molecule has 0 amide bonds. The molecule has 2 rings (SSSR count). The van der Waals surface area contributed by atoms with Crippen LogP contribution in [0, 0.1) is 17.7 Å². The van der Waals surface area contributed by atoms with Gasteiger partial charge in [-0.15, -0.1) is 0 Å². The Bertz CT molecular complexity index is 395. The molecule has 17 heavy (non-hydrogen) atoms. The van der Waals surface area contributed by atoms with E-state index in [4.69, 9.17) is 4.74 Å². The molecule has 0 aromatic heterocycles. The average molecular weight is 236 g/mol. The highest BCUT2D eigenvalue weighted by Gasteiger charge is 2.26. The maximum Gasteiger partial charge on any atom is 0.314 e. The van der Waals surface area contributed by atoms with Gasteiger partial charge in [0.15, 0.2) is 11.6 Å². The van der Waals surface area contributed by atoms with E-state index in [1.807, 2.05) is 0 Å². The number of carbonyl (C=O) groups excluding carboxylic acids is 1. The van der Waals surface area contributed by atoms with Crippen LogP contribution in [0.5, 0.6) is 5.75 Å². The third-order valence-electron chi connectivity index (χ3n) is 3.40. The first-order valence-electron chi connectivity index (χ1n) is 6.13. The Labute approximate surface area is 101 Å². The van der Waals surface area contributed by atoms with Crippen molar-refractivity contribution in [3.8, 4) is 5.75 Å². The second-order valence-corrected chi connectivity index (χ2v) is 4.81. The standard InChI is InChI=1S/C14H17FO2/c1-10-6-8-11(9-7-10)14(16)17-13-5-3-2-4-12(13)15/h2-5,10-11H,6-9H2,1H3. The Hall–Kier alpha value is -1.38. The molecule has 1 aromatic carbocycles. The minimum Gasteiger partial charge on any atom is -0.423 e. The number of benzene rings is 1. The monoisotopic (exact) mass is 236 g/mol. The SMILES string of the molecule is CC1CCC(C(=O)Oc2ccccc2F)CC1. The molecule has 0 spiro atoms. The van der Waals surface area contributed by atoms with Crippen molar-refractivity contribution >= 4 is 5.97 Å². The van der Waals surface area contributed by atoms with Gasteiger partial charge in [-0.2, -0.15) is 0 Å². The van der Waals surface area contributed by atoms with E-state index < -0.39 is 5.82 Å². The first-order chi connectivity index (χ1) is 8.16. The number of rotatable bonds is 2. The fourth-order valence-electron chi connectivity index (χ4n) is 2.21. The molecular formula is C14H17FO2. The van der Waals surface area contributed by atoms with Crippen LogP contribution >= 0.6 is 0 Å². The Balaban J connectivity index is 1.95. The summed E-state index contributed by atoms with van der Waals surface area (Å²) in [5, 5.41) is 0. The van der Waals surface area contributed by atoms with Crippen molar-refractivity contribution < 1.29 is 13.9 Å². The van der Waals surface area contributed by atoms with Crippen LogP contribution in [0.15, 0.2) is 24.3 Å². The number of para-hydroxylation sites is 1. The molecule has 1 aromatic rings. The number of ether oxygens (including phenoxy) is 1. The van der Waals surface area contributed by atoms with E-state index in [-0.39, 0.29) is 17.6 Å². The van der Waals surface area contributed by atoms with Gasteiger partial charge >= 0.3 is 5.97 Å². The van der Waals surface area contributed by atoms with Crippen LogP contribution in [0.25, 0.3) is 0 Å². The summed E-state index contributed by atoms with van der Waals surface area (Å²) < 4.78 is 18.4. The molecule has 1 saturated carbocycles. The van der Waals surface area contributed by atoms with Gasteiger partial charge in [0.25, 0.3) is 0 Å². The molecule has 0 N–H and O–H groups in total. The highest BCUT2D eigenvalue weighted by molar-refractivity contribution is 5.75. The number of hydrogen-bond donors (Lipinski definition) is 0. The highest BCUT2D eigenvalue weighted by Crippen LogP contribution is 2.29. The molecule has 92 valence electrons. The Morgan fingerprint density at radius 1 is 1.24 bits per heavy atom. The molecule has 0 unspecified atom stereocenters. The topological polar surface area (TPSA) is 26.3 Å². The summed E-state index contributed by atoms with van der Waals surface area (Å²) >= 11 is 0. The van der Waals surface area contributed by atoms with Crippen LogP contribution in [0.4, 0.5) is 4.39 Å². The van der Waals surface area contributed by atoms with Crippen LogP contribution < -0.4 is 4.74 Å². The summed E-state index contributed by atoms with van der Waals surface area (Å²) in [5.41, 5.74) is 0. The first kappa shape index (κ1) is 12.1. The zero-order valence-electron chi connectivity index (χ0n) is 9.99. The van der Waals surface area contributed by atoms with Crippen LogP contribution in [0.1, 0.15) is 32.6 Å². The molecule has 0 aliphatic heterocycles. The largest absolute Gasteiger partial charge is 0.423 e. The number of hydrogen-bond acceptors (Lipinski definition) is 2. The fraction of sp³-hybridized carbons (Fsp3) is 0.500. The highest BCUT2D eigenvalue weighted by atomic mass is 19.1. The van der Waals surface area contributed by atoms with E-state index in [2.05, 4.69) is 6.92 Å². The number of esters is 1. The molecular weight excluding hydrogens is 219 g/mol. The second-order valence-electron chi connectivity index (χ2n) is 4.81. The van der Waals surface area contributed by atoms with Crippen LogP contribution in [0.2, 0.25) is 0 Å². The average Bonchev–Trinajstić information content (AvgIpc) is 2.33. The smallest absolute Gasteiger partial charge is 0.314 e. The maximum absolute atomic E-state index is 13.3. The Kier molecular flexibility index (Phi) is 3.77. The first-order valence-corrected chi connectivity index (χ1v) is 6.13. The fourth-order valence-corrected chi connectivity index (χ4v) is 2.21. The molecule has 3 heteroatoms. The van der Waals surface area contributed by atoms with E-state index >= 15 is 0 Å². The summed E-state index contributed by atoms with van der Waals surface area (Å²) in [5.74, 6) is -0.110. The molecule has 0 atom stereocenters. The van der Waals surface area contributed by atoms with Crippen molar-refractivity contribution in [1.82, 2.24) is 0 Å². The number of carbonyl (C=O) groups is 1. The predicted octanol–water partition coefficient (Wildman–Crippen LogP) is 3.56.